The van der Waals surface area contributed by atoms with Crippen LogP contribution in [-0.2, 0) is 4.74 Å². The van der Waals surface area contributed by atoms with Crippen LogP contribution in [0.4, 0.5) is 5.69 Å². The summed E-state index contributed by atoms with van der Waals surface area (Å²) in [6, 6.07) is 6.05. The van der Waals surface area contributed by atoms with E-state index in [2.05, 4.69) is 47.4 Å². The van der Waals surface area contributed by atoms with Crippen molar-refractivity contribution < 1.29 is 9.15 Å². The lowest BCUT2D eigenvalue weighted by Crippen LogP contribution is -2.37. The SMILES string of the molecule is Brc1ccc2ncc(-c3nnco3)c(NCCCN3CCOCC3)c2c1. The standard InChI is InChI=1S/C18H20BrN5O2/c19-13-2-3-16-14(10-13)17(15(11-21-16)18-23-22-12-26-18)20-4-1-5-24-6-8-25-9-7-24/h2-3,10-12H,1,4-9H2,(H,20,21). The Labute approximate surface area is 159 Å². The first-order valence-electron chi connectivity index (χ1n) is 8.70. The summed E-state index contributed by atoms with van der Waals surface area (Å²) in [7, 11) is 0. The Morgan fingerprint density at radius 3 is 2.92 bits per heavy atom. The molecule has 3 heterocycles. The molecule has 0 aliphatic carbocycles. The van der Waals surface area contributed by atoms with Gasteiger partial charge in [0.15, 0.2) is 0 Å². The van der Waals surface area contributed by atoms with Gasteiger partial charge in [-0.05, 0) is 31.2 Å². The predicted octanol–water partition coefficient (Wildman–Crippen LogP) is 3.18. The molecular formula is C18H20BrN5O2. The summed E-state index contributed by atoms with van der Waals surface area (Å²) >= 11 is 3.55. The number of halogens is 1. The van der Waals surface area contributed by atoms with Crippen LogP contribution in [0.15, 0.2) is 39.7 Å². The number of benzene rings is 1. The van der Waals surface area contributed by atoms with Crippen LogP contribution in [0.3, 0.4) is 0 Å². The predicted molar refractivity (Wildman–Crippen MR) is 103 cm³/mol. The van der Waals surface area contributed by atoms with Crippen LogP contribution in [0.2, 0.25) is 0 Å². The number of rotatable bonds is 6. The second-order valence-electron chi connectivity index (χ2n) is 6.19. The van der Waals surface area contributed by atoms with E-state index in [4.69, 9.17) is 9.15 Å². The second kappa shape index (κ2) is 8.11. The van der Waals surface area contributed by atoms with Crippen molar-refractivity contribution in [2.75, 3.05) is 44.7 Å². The van der Waals surface area contributed by atoms with Gasteiger partial charge in [-0.1, -0.05) is 15.9 Å². The van der Waals surface area contributed by atoms with E-state index in [0.29, 0.717) is 5.89 Å². The largest absolute Gasteiger partial charge is 0.423 e. The van der Waals surface area contributed by atoms with Gasteiger partial charge in [0.05, 0.1) is 30.0 Å². The summed E-state index contributed by atoms with van der Waals surface area (Å²) in [4.78, 5) is 6.97. The van der Waals surface area contributed by atoms with Crippen LogP contribution in [0.5, 0.6) is 0 Å². The van der Waals surface area contributed by atoms with Crippen LogP contribution in [-0.4, -0.2) is 59.5 Å². The Hall–Kier alpha value is -2.03. The van der Waals surface area contributed by atoms with E-state index in [0.717, 1.165) is 72.4 Å². The Morgan fingerprint density at radius 1 is 1.23 bits per heavy atom. The normalized spacial score (nSPS) is 15.4. The fraction of sp³-hybridized carbons (Fsp3) is 0.389. The lowest BCUT2D eigenvalue weighted by atomic mass is 10.1. The monoisotopic (exact) mass is 417 g/mol. The number of ether oxygens (including phenoxy) is 1. The Balaban J connectivity index is 1.55. The lowest BCUT2D eigenvalue weighted by molar-refractivity contribution is 0.0378. The molecule has 7 nitrogen and oxygen atoms in total. The Kier molecular flexibility index (Phi) is 5.42. The molecule has 1 aromatic carbocycles. The molecule has 1 N–H and O–H groups in total. The van der Waals surface area contributed by atoms with E-state index in [-0.39, 0.29) is 0 Å². The molecule has 26 heavy (non-hydrogen) atoms. The van der Waals surface area contributed by atoms with Gasteiger partial charge in [-0.25, -0.2) is 0 Å². The number of hydrogen-bond donors (Lipinski definition) is 1. The molecule has 1 saturated heterocycles. The van der Waals surface area contributed by atoms with Crippen molar-refractivity contribution in [3.8, 4) is 11.5 Å². The van der Waals surface area contributed by atoms with Crippen LogP contribution < -0.4 is 5.32 Å². The first-order valence-corrected chi connectivity index (χ1v) is 9.49. The van der Waals surface area contributed by atoms with Crippen LogP contribution in [0.1, 0.15) is 6.42 Å². The lowest BCUT2D eigenvalue weighted by Gasteiger charge is -2.26. The molecule has 1 aliphatic rings. The fourth-order valence-electron chi connectivity index (χ4n) is 3.15. The molecule has 0 bridgehead atoms. The number of nitrogens with one attached hydrogen (secondary N) is 1. The minimum absolute atomic E-state index is 0.468. The average Bonchev–Trinajstić information content (AvgIpc) is 3.20. The number of morpholine rings is 1. The van der Waals surface area contributed by atoms with Gasteiger partial charge in [0.2, 0.25) is 6.39 Å². The quantitative estimate of drug-likeness (QED) is 0.617. The highest BCUT2D eigenvalue weighted by atomic mass is 79.9. The molecule has 0 unspecified atom stereocenters. The maximum Gasteiger partial charge on any atom is 0.251 e. The molecule has 3 aromatic rings. The molecule has 0 radical (unpaired) electrons. The third-order valence-electron chi connectivity index (χ3n) is 4.48. The summed E-state index contributed by atoms with van der Waals surface area (Å²) < 4.78 is 11.8. The van der Waals surface area contributed by atoms with Crippen molar-refractivity contribution in [3.63, 3.8) is 0 Å². The van der Waals surface area contributed by atoms with Gasteiger partial charge in [-0.2, -0.15) is 0 Å². The smallest absolute Gasteiger partial charge is 0.251 e. The highest BCUT2D eigenvalue weighted by Gasteiger charge is 2.15. The number of nitrogens with zero attached hydrogens (tertiary/aromatic N) is 4. The molecule has 0 amide bonds. The molecule has 2 aromatic heterocycles. The van der Waals surface area contributed by atoms with E-state index in [9.17, 15) is 0 Å². The molecule has 0 saturated carbocycles. The molecular weight excluding hydrogens is 398 g/mol. The molecule has 8 heteroatoms. The number of hydrogen-bond acceptors (Lipinski definition) is 7. The van der Waals surface area contributed by atoms with Gasteiger partial charge in [-0.15, -0.1) is 10.2 Å². The highest BCUT2D eigenvalue weighted by Crippen LogP contribution is 2.33. The second-order valence-corrected chi connectivity index (χ2v) is 7.10. The van der Waals surface area contributed by atoms with Crippen LogP contribution in [0, 0.1) is 0 Å². The zero-order chi connectivity index (χ0) is 17.8. The first-order chi connectivity index (χ1) is 12.8. The maximum atomic E-state index is 5.40. The number of pyridine rings is 1. The van der Waals surface area contributed by atoms with E-state index in [1.165, 1.54) is 6.39 Å². The maximum absolute atomic E-state index is 5.40. The third-order valence-corrected chi connectivity index (χ3v) is 4.97. The molecule has 136 valence electrons. The van der Waals surface area contributed by atoms with Crippen molar-refractivity contribution in [2.24, 2.45) is 0 Å². The number of fused-ring (bicyclic) bond motifs is 1. The third kappa shape index (κ3) is 3.87. The minimum Gasteiger partial charge on any atom is -0.423 e. The molecule has 1 fully saturated rings. The summed E-state index contributed by atoms with van der Waals surface area (Å²) in [6.45, 7) is 5.59. The zero-order valence-electron chi connectivity index (χ0n) is 14.3. The number of anilines is 1. The topological polar surface area (TPSA) is 76.3 Å². The molecule has 1 aliphatic heterocycles. The first kappa shape index (κ1) is 17.4. The fourth-order valence-corrected chi connectivity index (χ4v) is 3.51. The Morgan fingerprint density at radius 2 is 2.12 bits per heavy atom. The van der Waals surface area contributed by atoms with E-state index < -0.39 is 0 Å². The summed E-state index contributed by atoms with van der Waals surface area (Å²) in [6.07, 6.45) is 4.16. The van der Waals surface area contributed by atoms with Gasteiger partial charge in [-0.3, -0.25) is 9.88 Å². The van der Waals surface area contributed by atoms with Crippen molar-refractivity contribution in [1.82, 2.24) is 20.1 Å². The van der Waals surface area contributed by atoms with E-state index in [1.54, 1.807) is 6.20 Å². The molecule has 0 atom stereocenters. The van der Waals surface area contributed by atoms with Crippen LogP contribution >= 0.6 is 15.9 Å². The van der Waals surface area contributed by atoms with Gasteiger partial charge in [0, 0.05) is 35.7 Å². The van der Waals surface area contributed by atoms with Crippen molar-refractivity contribution in [3.05, 3.63) is 35.3 Å². The Bertz CT molecular complexity index is 865. The van der Waals surface area contributed by atoms with Gasteiger partial charge < -0.3 is 14.5 Å². The van der Waals surface area contributed by atoms with E-state index >= 15 is 0 Å². The van der Waals surface area contributed by atoms with Gasteiger partial charge in [0.1, 0.15) is 0 Å². The average molecular weight is 418 g/mol. The summed E-state index contributed by atoms with van der Waals surface area (Å²) in [5, 5.41) is 12.4. The van der Waals surface area contributed by atoms with Gasteiger partial charge >= 0.3 is 0 Å². The molecule has 0 spiro atoms. The van der Waals surface area contributed by atoms with Crippen molar-refractivity contribution in [2.45, 2.75) is 6.42 Å². The van der Waals surface area contributed by atoms with Gasteiger partial charge in [0.25, 0.3) is 5.89 Å². The van der Waals surface area contributed by atoms with E-state index in [1.807, 2.05) is 12.1 Å². The molecule has 4 rings (SSSR count). The zero-order valence-corrected chi connectivity index (χ0v) is 15.9. The van der Waals surface area contributed by atoms with Crippen molar-refractivity contribution in [1.29, 1.82) is 0 Å². The number of aromatic nitrogens is 3. The summed E-state index contributed by atoms with van der Waals surface area (Å²) in [5.74, 6) is 0.468. The van der Waals surface area contributed by atoms with Crippen LogP contribution in [0.25, 0.3) is 22.4 Å². The summed E-state index contributed by atoms with van der Waals surface area (Å²) in [5.41, 5.74) is 2.72. The minimum atomic E-state index is 0.468. The highest BCUT2D eigenvalue weighted by molar-refractivity contribution is 9.10. The van der Waals surface area contributed by atoms with Crippen molar-refractivity contribution >= 4 is 32.5 Å².